The van der Waals surface area contributed by atoms with Crippen LogP contribution in [-0.4, -0.2) is 36.2 Å². The average molecular weight is 361 g/mol. The molecule has 1 aromatic carbocycles. The zero-order valence-corrected chi connectivity index (χ0v) is 15.8. The zero-order valence-electron chi connectivity index (χ0n) is 14.2. The zero-order chi connectivity index (χ0) is 14.8. The predicted octanol–water partition coefficient (Wildman–Crippen LogP) is 3.99. The maximum absolute atomic E-state index is 9.85. The van der Waals surface area contributed by atoms with E-state index in [1.165, 1.54) is 42.4 Å². The molecule has 3 rings (SSSR count). The Balaban J connectivity index is 0.00000132. The van der Waals surface area contributed by atoms with E-state index in [0.717, 1.165) is 32.1 Å². The number of rotatable bonds is 3. The van der Waals surface area contributed by atoms with E-state index in [-0.39, 0.29) is 24.8 Å². The van der Waals surface area contributed by atoms with Crippen molar-refractivity contribution in [2.45, 2.75) is 45.6 Å². The first-order valence-corrected chi connectivity index (χ1v) is 8.41. The van der Waals surface area contributed by atoms with E-state index < -0.39 is 0 Å². The van der Waals surface area contributed by atoms with Gasteiger partial charge in [0.2, 0.25) is 0 Å². The van der Waals surface area contributed by atoms with Gasteiger partial charge >= 0.3 is 0 Å². The second-order valence-electron chi connectivity index (χ2n) is 6.77. The molecule has 2 aliphatic rings. The van der Waals surface area contributed by atoms with Crippen molar-refractivity contribution in [2.24, 2.45) is 5.92 Å². The largest absolute Gasteiger partial charge is 0.508 e. The van der Waals surface area contributed by atoms with E-state index in [4.69, 9.17) is 0 Å². The highest BCUT2D eigenvalue weighted by molar-refractivity contribution is 5.85. The van der Waals surface area contributed by atoms with Crippen LogP contribution in [0.15, 0.2) is 12.1 Å². The Morgan fingerprint density at radius 2 is 1.57 bits per heavy atom. The van der Waals surface area contributed by atoms with Gasteiger partial charge in [-0.15, -0.1) is 24.8 Å². The highest BCUT2D eigenvalue weighted by Gasteiger charge is 2.33. The fourth-order valence-corrected chi connectivity index (χ4v) is 4.37. The van der Waals surface area contributed by atoms with Crippen LogP contribution in [0, 0.1) is 19.8 Å². The number of piperazine rings is 1. The minimum Gasteiger partial charge on any atom is -0.508 e. The normalized spacial score (nSPS) is 20.6. The summed E-state index contributed by atoms with van der Waals surface area (Å²) in [4.78, 5) is 2.68. The molecule has 1 heterocycles. The van der Waals surface area contributed by atoms with Crippen LogP contribution < -0.4 is 5.32 Å². The summed E-state index contributed by atoms with van der Waals surface area (Å²) in [6, 6.07) is 4.41. The number of phenols is 1. The van der Waals surface area contributed by atoms with Crippen molar-refractivity contribution >= 4 is 24.8 Å². The molecule has 1 aliphatic heterocycles. The molecule has 23 heavy (non-hydrogen) atoms. The Bertz CT molecular complexity index is 475. The van der Waals surface area contributed by atoms with Gasteiger partial charge in [-0.2, -0.15) is 0 Å². The van der Waals surface area contributed by atoms with E-state index in [0.29, 0.717) is 11.8 Å². The second-order valence-corrected chi connectivity index (χ2v) is 6.77. The van der Waals surface area contributed by atoms with Gasteiger partial charge in [-0.25, -0.2) is 0 Å². The van der Waals surface area contributed by atoms with Crippen LogP contribution >= 0.6 is 24.8 Å². The van der Waals surface area contributed by atoms with Crippen molar-refractivity contribution in [3.8, 4) is 5.75 Å². The van der Waals surface area contributed by atoms with Crippen molar-refractivity contribution in [3.63, 3.8) is 0 Å². The topological polar surface area (TPSA) is 35.5 Å². The van der Waals surface area contributed by atoms with E-state index in [1.807, 2.05) is 12.1 Å². The van der Waals surface area contributed by atoms with Gasteiger partial charge in [-0.1, -0.05) is 12.8 Å². The van der Waals surface area contributed by atoms with Crippen LogP contribution in [0.1, 0.15) is 48.4 Å². The number of benzene rings is 1. The molecule has 1 saturated carbocycles. The number of halogens is 2. The molecule has 1 saturated heterocycles. The van der Waals surface area contributed by atoms with E-state index in [2.05, 4.69) is 24.1 Å². The first kappa shape index (κ1) is 20.6. The molecule has 0 aromatic heterocycles. The van der Waals surface area contributed by atoms with Gasteiger partial charge in [-0.05, 0) is 61.4 Å². The third kappa shape index (κ3) is 4.54. The fraction of sp³-hybridized carbons (Fsp3) is 0.667. The van der Waals surface area contributed by atoms with Gasteiger partial charge in [0, 0.05) is 32.2 Å². The standard InChI is InChI=1S/C18H28N2O.2ClH/c1-13-11-16(21)12-14(2)17(13)18(15-5-3-4-6-15)20-9-7-19-8-10-20;;/h11-12,15,18-19,21H,3-10H2,1-2H3;2*1H/t18-;;/m0../s1. The first-order valence-electron chi connectivity index (χ1n) is 8.41. The molecule has 132 valence electrons. The van der Waals surface area contributed by atoms with Gasteiger partial charge in [0.05, 0.1) is 0 Å². The molecule has 0 radical (unpaired) electrons. The molecule has 0 spiro atoms. The second kappa shape index (κ2) is 9.12. The quantitative estimate of drug-likeness (QED) is 0.855. The monoisotopic (exact) mass is 360 g/mol. The minimum absolute atomic E-state index is 0. The van der Waals surface area contributed by atoms with Crippen molar-refractivity contribution < 1.29 is 5.11 Å². The van der Waals surface area contributed by atoms with Crippen LogP contribution in [0.5, 0.6) is 5.75 Å². The van der Waals surface area contributed by atoms with Crippen molar-refractivity contribution in [1.82, 2.24) is 10.2 Å². The minimum atomic E-state index is 0. The Kier molecular flexibility index (Phi) is 8.15. The molecule has 1 aromatic rings. The molecule has 2 fully saturated rings. The molecule has 0 amide bonds. The molecule has 1 aliphatic carbocycles. The lowest BCUT2D eigenvalue weighted by Gasteiger charge is -2.40. The van der Waals surface area contributed by atoms with Crippen molar-refractivity contribution in [2.75, 3.05) is 26.2 Å². The lowest BCUT2D eigenvalue weighted by Crippen LogP contribution is -2.47. The number of hydrogen-bond donors (Lipinski definition) is 2. The van der Waals surface area contributed by atoms with Crippen LogP contribution in [0.25, 0.3) is 0 Å². The highest BCUT2D eigenvalue weighted by atomic mass is 35.5. The SMILES string of the molecule is Cc1cc(O)cc(C)c1[C@H](C1CCCC1)N1CCNCC1.Cl.Cl. The van der Waals surface area contributed by atoms with Crippen LogP contribution in [0.4, 0.5) is 0 Å². The van der Waals surface area contributed by atoms with E-state index >= 15 is 0 Å². The lowest BCUT2D eigenvalue weighted by atomic mass is 9.85. The Morgan fingerprint density at radius 1 is 1.04 bits per heavy atom. The Hall–Kier alpha value is -0.480. The summed E-state index contributed by atoms with van der Waals surface area (Å²) in [7, 11) is 0. The Morgan fingerprint density at radius 3 is 2.09 bits per heavy atom. The summed E-state index contributed by atoms with van der Waals surface area (Å²) in [6.07, 6.45) is 5.47. The molecule has 1 atom stereocenters. The van der Waals surface area contributed by atoms with Crippen LogP contribution in [0.3, 0.4) is 0 Å². The molecular formula is C18H30Cl2N2O. The van der Waals surface area contributed by atoms with Gasteiger partial charge < -0.3 is 10.4 Å². The summed E-state index contributed by atoms with van der Waals surface area (Å²) >= 11 is 0. The number of phenolic OH excluding ortho intramolecular Hbond substituents is 1. The summed E-state index contributed by atoms with van der Waals surface area (Å²) in [5.41, 5.74) is 3.98. The molecule has 0 unspecified atom stereocenters. The summed E-state index contributed by atoms with van der Waals surface area (Å²) < 4.78 is 0. The van der Waals surface area contributed by atoms with Gasteiger partial charge in [0.1, 0.15) is 5.75 Å². The van der Waals surface area contributed by atoms with E-state index in [1.54, 1.807) is 0 Å². The third-order valence-corrected chi connectivity index (χ3v) is 5.27. The van der Waals surface area contributed by atoms with Gasteiger partial charge in [0.15, 0.2) is 0 Å². The maximum Gasteiger partial charge on any atom is 0.116 e. The molecule has 3 nitrogen and oxygen atoms in total. The van der Waals surface area contributed by atoms with Crippen LogP contribution in [0.2, 0.25) is 0 Å². The number of nitrogens with zero attached hydrogens (tertiary/aromatic N) is 1. The molecular weight excluding hydrogens is 331 g/mol. The van der Waals surface area contributed by atoms with E-state index in [9.17, 15) is 5.11 Å². The Labute approximate surface area is 152 Å². The third-order valence-electron chi connectivity index (χ3n) is 5.27. The molecule has 2 N–H and O–H groups in total. The van der Waals surface area contributed by atoms with Crippen molar-refractivity contribution in [3.05, 3.63) is 28.8 Å². The fourth-order valence-electron chi connectivity index (χ4n) is 4.37. The van der Waals surface area contributed by atoms with Gasteiger partial charge in [0.25, 0.3) is 0 Å². The first-order chi connectivity index (χ1) is 10.2. The number of hydrogen-bond acceptors (Lipinski definition) is 3. The predicted molar refractivity (Wildman–Crippen MR) is 101 cm³/mol. The van der Waals surface area contributed by atoms with Gasteiger partial charge in [-0.3, -0.25) is 4.90 Å². The molecule has 0 bridgehead atoms. The highest BCUT2D eigenvalue weighted by Crippen LogP contribution is 2.42. The molecule has 5 heteroatoms. The smallest absolute Gasteiger partial charge is 0.116 e. The number of aromatic hydroxyl groups is 1. The average Bonchev–Trinajstić information content (AvgIpc) is 2.97. The summed E-state index contributed by atoms with van der Waals surface area (Å²) in [6.45, 7) is 8.79. The number of nitrogens with one attached hydrogen (secondary N) is 1. The van der Waals surface area contributed by atoms with Crippen molar-refractivity contribution in [1.29, 1.82) is 0 Å². The lowest BCUT2D eigenvalue weighted by molar-refractivity contribution is 0.124. The summed E-state index contributed by atoms with van der Waals surface area (Å²) in [5, 5.41) is 13.3. The summed E-state index contributed by atoms with van der Waals surface area (Å²) in [5.74, 6) is 1.18. The number of aryl methyl sites for hydroxylation is 2. The maximum atomic E-state index is 9.85. The van der Waals surface area contributed by atoms with Crippen LogP contribution in [-0.2, 0) is 0 Å².